The van der Waals surface area contributed by atoms with Gasteiger partial charge in [0, 0.05) is 26.7 Å². The molecule has 29 heavy (non-hydrogen) atoms. The molecular formula is C21H22F3N3O2. The van der Waals surface area contributed by atoms with E-state index in [0.29, 0.717) is 31.8 Å². The third-order valence-electron chi connectivity index (χ3n) is 5.25. The Bertz CT molecular complexity index is 1020. The van der Waals surface area contributed by atoms with Gasteiger partial charge < -0.3 is 14.0 Å². The van der Waals surface area contributed by atoms with E-state index in [0.717, 1.165) is 16.6 Å². The first-order valence-electron chi connectivity index (χ1n) is 9.34. The molecule has 2 heterocycles. The minimum Gasteiger partial charge on any atom is -0.496 e. The Morgan fingerprint density at radius 3 is 2.79 bits per heavy atom. The second kappa shape index (κ2) is 7.68. The highest BCUT2D eigenvalue weighted by Crippen LogP contribution is 2.37. The molecule has 0 amide bonds. The predicted molar refractivity (Wildman–Crippen MR) is 103 cm³/mol. The summed E-state index contributed by atoms with van der Waals surface area (Å²) >= 11 is 0. The van der Waals surface area contributed by atoms with Crippen LogP contribution in [0.25, 0.3) is 11.0 Å². The van der Waals surface area contributed by atoms with E-state index in [1.165, 1.54) is 19.2 Å². The lowest BCUT2D eigenvalue weighted by molar-refractivity contribution is -0.138. The highest BCUT2D eigenvalue weighted by atomic mass is 19.4. The van der Waals surface area contributed by atoms with Crippen molar-refractivity contribution < 1.29 is 22.6 Å². The van der Waals surface area contributed by atoms with Crippen molar-refractivity contribution >= 4 is 11.0 Å². The summed E-state index contributed by atoms with van der Waals surface area (Å²) in [4.78, 5) is 6.44. The number of rotatable bonds is 4. The Morgan fingerprint density at radius 2 is 2.03 bits per heavy atom. The molecule has 1 unspecified atom stereocenters. The fraction of sp³-hybridized carbons (Fsp3) is 0.381. The molecule has 2 aromatic carbocycles. The van der Waals surface area contributed by atoms with Crippen LogP contribution in [-0.4, -0.2) is 41.3 Å². The largest absolute Gasteiger partial charge is 0.496 e. The number of aryl methyl sites for hydroxylation is 1. The number of alkyl halides is 3. The van der Waals surface area contributed by atoms with Gasteiger partial charge in [-0.3, -0.25) is 4.90 Å². The zero-order chi connectivity index (χ0) is 20.6. The van der Waals surface area contributed by atoms with Crippen LogP contribution in [0.15, 0.2) is 42.7 Å². The van der Waals surface area contributed by atoms with Gasteiger partial charge in [-0.05, 0) is 35.4 Å². The lowest BCUT2D eigenvalue weighted by Crippen LogP contribution is -2.37. The van der Waals surface area contributed by atoms with Gasteiger partial charge in [0.25, 0.3) is 0 Å². The molecule has 5 nitrogen and oxygen atoms in total. The first-order chi connectivity index (χ1) is 13.8. The zero-order valence-corrected chi connectivity index (χ0v) is 16.2. The lowest BCUT2D eigenvalue weighted by atomic mass is 10.1. The molecule has 0 bridgehead atoms. The molecule has 0 saturated carbocycles. The number of morpholine rings is 1. The topological polar surface area (TPSA) is 39.5 Å². The van der Waals surface area contributed by atoms with Crippen LogP contribution < -0.4 is 4.74 Å². The second-order valence-corrected chi connectivity index (χ2v) is 7.23. The zero-order valence-electron chi connectivity index (χ0n) is 16.2. The Balaban J connectivity index is 1.52. The summed E-state index contributed by atoms with van der Waals surface area (Å²) < 4.78 is 52.6. The fourth-order valence-corrected chi connectivity index (χ4v) is 3.72. The van der Waals surface area contributed by atoms with Gasteiger partial charge in [0.2, 0.25) is 0 Å². The maximum Gasteiger partial charge on any atom is 0.419 e. The van der Waals surface area contributed by atoms with Gasteiger partial charge in [0.15, 0.2) is 0 Å². The Kier molecular flexibility index (Phi) is 5.23. The molecule has 1 aliphatic heterocycles. The highest BCUT2D eigenvalue weighted by Gasteiger charge is 2.34. The van der Waals surface area contributed by atoms with Crippen molar-refractivity contribution in [2.75, 3.05) is 26.8 Å². The number of hydrogen-bond donors (Lipinski definition) is 0. The van der Waals surface area contributed by atoms with Crippen molar-refractivity contribution in [3.05, 3.63) is 59.4 Å². The fourth-order valence-electron chi connectivity index (χ4n) is 3.72. The standard InChI is InChI=1S/C21H22F3N3O2/c1-26-13-25-17-5-4-15(10-18(17)26)20-12-27(7-8-29-20)11-14-3-6-19(28-2)16(9-14)21(22,23)24/h3-6,9-10,13,20H,7-8,11-12H2,1-2H3. The number of nitrogens with zero attached hydrogens (tertiary/aromatic N) is 3. The predicted octanol–water partition coefficient (Wildman–Crippen LogP) is 4.17. The van der Waals surface area contributed by atoms with Crippen LogP contribution in [0.4, 0.5) is 13.2 Å². The van der Waals surface area contributed by atoms with Crippen molar-refractivity contribution in [3.63, 3.8) is 0 Å². The molecule has 8 heteroatoms. The molecule has 154 valence electrons. The number of imidazole rings is 1. The summed E-state index contributed by atoms with van der Waals surface area (Å²) in [5.74, 6) is -0.161. The van der Waals surface area contributed by atoms with Gasteiger partial charge in [-0.2, -0.15) is 13.2 Å². The number of fused-ring (bicyclic) bond motifs is 1. The maximum absolute atomic E-state index is 13.3. The number of aromatic nitrogens is 2. The summed E-state index contributed by atoms with van der Waals surface area (Å²) in [6.45, 7) is 2.21. The lowest BCUT2D eigenvalue weighted by Gasteiger charge is -2.33. The molecule has 0 radical (unpaired) electrons. The van der Waals surface area contributed by atoms with E-state index < -0.39 is 11.7 Å². The number of benzene rings is 2. The maximum atomic E-state index is 13.3. The molecule has 0 N–H and O–H groups in total. The summed E-state index contributed by atoms with van der Waals surface area (Å²) in [6.07, 6.45) is -2.82. The average molecular weight is 405 g/mol. The Morgan fingerprint density at radius 1 is 1.21 bits per heavy atom. The van der Waals surface area contributed by atoms with Crippen molar-refractivity contribution in [2.24, 2.45) is 7.05 Å². The summed E-state index contributed by atoms with van der Waals surface area (Å²) in [5.41, 5.74) is 2.83. The summed E-state index contributed by atoms with van der Waals surface area (Å²) in [5, 5.41) is 0. The Hall–Kier alpha value is -2.58. The smallest absolute Gasteiger partial charge is 0.419 e. The van der Waals surface area contributed by atoms with Crippen LogP contribution >= 0.6 is 0 Å². The molecule has 4 rings (SSSR count). The van der Waals surface area contributed by atoms with Gasteiger partial charge in [-0.15, -0.1) is 0 Å². The van der Waals surface area contributed by atoms with Crippen LogP contribution in [0.1, 0.15) is 22.8 Å². The highest BCUT2D eigenvalue weighted by molar-refractivity contribution is 5.76. The molecule has 0 spiro atoms. The van der Waals surface area contributed by atoms with E-state index in [1.54, 1.807) is 12.4 Å². The quantitative estimate of drug-likeness (QED) is 0.653. The molecule has 1 aromatic heterocycles. The normalized spacial score (nSPS) is 18.3. The van der Waals surface area contributed by atoms with Gasteiger partial charge in [-0.1, -0.05) is 12.1 Å². The van der Waals surface area contributed by atoms with Crippen molar-refractivity contribution in [1.82, 2.24) is 14.5 Å². The van der Waals surface area contributed by atoms with Gasteiger partial charge in [-0.25, -0.2) is 4.98 Å². The first kappa shape index (κ1) is 19.7. The molecule has 3 aromatic rings. The van der Waals surface area contributed by atoms with Gasteiger partial charge in [0.1, 0.15) is 5.75 Å². The number of methoxy groups -OCH3 is 1. The first-order valence-corrected chi connectivity index (χ1v) is 9.34. The number of halogens is 3. The molecule has 1 atom stereocenters. The van der Waals surface area contributed by atoms with E-state index in [1.807, 2.05) is 23.7 Å². The number of hydrogen-bond acceptors (Lipinski definition) is 4. The summed E-state index contributed by atoms with van der Waals surface area (Å²) in [7, 11) is 3.19. The molecule has 1 saturated heterocycles. The monoisotopic (exact) mass is 405 g/mol. The SMILES string of the molecule is COc1ccc(CN2CCOC(c3ccc4ncn(C)c4c3)C2)cc1C(F)(F)F. The second-order valence-electron chi connectivity index (χ2n) is 7.23. The minimum atomic E-state index is -4.45. The van der Waals surface area contributed by atoms with Crippen LogP contribution in [0.2, 0.25) is 0 Å². The Labute approximate surface area is 166 Å². The van der Waals surface area contributed by atoms with Crippen LogP contribution in [0, 0.1) is 0 Å². The third kappa shape index (κ3) is 4.09. The average Bonchev–Trinajstić information content (AvgIpc) is 3.08. The van der Waals surface area contributed by atoms with Crippen LogP contribution in [0.5, 0.6) is 5.75 Å². The van der Waals surface area contributed by atoms with Crippen molar-refractivity contribution in [3.8, 4) is 5.75 Å². The molecule has 1 fully saturated rings. The van der Waals surface area contributed by atoms with E-state index in [-0.39, 0.29) is 11.9 Å². The van der Waals surface area contributed by atoms with Crippen molar-refractivity contribution in [1.29, 1.82) is 0 Å². The van der Waals surface area contributed by atoms with Gasteiger partial charge in [0.05, 0.1) is 42.7 Å². The number of ether oxygens (including phenoxy) is 2. The van der Waals surface area contributed by atoms with Crippen LogP contribution in [0.3, 0.4) is 0 Å². The van der Waals surface area contributed by atoms with Gasteiger partial charge >= 0.3 is 6.18 Å². The minimum absolute atomic E-state index is 0.136. The van der Waals surface area contributed by atoms with E-state index in [2.05, 4.69) is 16.0 Å². The molecule has 1 aliphatic rings. The summed E-state index contributed by atoms with van der Waals surface area (Å²) in [6, 6.07) is 10.3. The van der Waals surface area contributed by atoms with Crippen molar-refractivity contribution in [2.45, 2.75) is 18.8 Å². The van der Waals surface area contributed by atoms with Crippen LogP contribution in [-0.2, 0) is 24.5 Å². The van der Waals surface area contributed by atoms with E-state index in [4.69, 9.17) is 9.47 Å². The molecular weight excluding hydrogens is 383 g/mol. The third-order valence-corrected chi connectivity index (χ3v) is 5.25. The van der Waals surface area contributed by atoms with E-state index in [9.17, 15) is 13.2 Å². The molecule has 0 aliphatic carbocycles. The van der Waals surface area contributed by atoms with E-state index >= 15 is 0 Å².